The Kier molecular flexibility index (Phi) is 3.26. The number of nitrogens with zero attached hydrogens (tertiary/aromatic N) is 1. The van der Waals surface area contributed by atoms with Crippen molar-refractivity contribution < 1.29 is 17.6 Å². The largest absolute Gasteiger partial charge is 0.497 e. The van der Waals surface area contributed by atoms with Gasteiger partial charge in [-0.05, 0) is 36.4 Å². The molecule has 1 N–H and O–H groups in total. The van der Waals surface area contributed by atoms with E-state index in [-0.39, 0.29) is 4.90 Å². The van der Waals surface area contributed by atoms with Crippen LogP contribution < -0.4 is 9.46 Å². The first-order chi connectivity index (χ1) is 10.1. The number of benzene rings is 2. The van der Waals surface area contributed by atoms with E-state index in [0.29, 0.717) is 22.5 Å². The standard InChI is InChI=1S/C14H12N2O4S/c1-19-11-4-2-10(3-5-11)16-21(17,18)12-6-7-13-14(8-12)20-9-15-13/h2-9,16H,1H3. The maximum absolute atomic E-state index is 12.3. The molecule has 0 fully saturated rings. The summed E-state index contributed by atoms with van der Waals surface area (Å²) in [7, 11) is -2.13. The minimum absolute atomic E-state index is 0.113. The highest BCUT2D eigenvalue weighted by Crippen LogP contribution is 2.22. The molecule has 3 rings (SSSR count). The van der Waals surface area contributed by atoms with Gasteiger partial charge in [-0.1, -0.05) is 0 Å². The molecule has 21 heavy (non-hydrogen) atoms. The van der Waals surface area contributed by atoms with Crippen molar-refractivity contribution in [2.75, 3.05) is 11.8 Å². The van der Waals surface area contributed by atoms with Gasteiger partial charge in [0.1, 0.15) is 11.3 Å². The highest BCUT2D eigenvalue weighted by molar-refractivity contribution is 7.92. The molecule has 0 aliphatic carbocycles. The molecule has 0 unspecified atom stereocenters. The SMILES string of the molecule is COc1ccc(NS(=O)(=O)c2ccc3ncoc3c2)cc1. The molecule has 2 aromatic carbocycles. The number of oxazole rings is 1. The van der Waals surface area contributed by atoms with Crippen LogP contribution in [-0.4, -0.2) is 20.5 Å². The smallest absolute Gasteiger partial charge is 0.262 e. The van der Waals surface area contributed by atoms with Crippen molar-refractivity contribution in [3.05, 3.63) is 48.9 Å². The molecular weight excluding hydrogens is 292 g/mol. The molecule has 3 aromatic rings. The van der Waals surface area contributed by atoms with Gasteiger partial charge in [0.05, 0.1) is 12.0 Å². The summed E-state index contributed by atoms with van der Waals surface area (Å²) in [6, 6.07) is 11.1. The summed E-state index contributed by atoms with van der Waals surface area (Å²) in [5, 5.41) is 0. The summed E-state index contributed by atoms with van der Waals surface area (Å²) in [4.78, 5) is 4.06. The lowest BCUT2D eigenvalue weighted by Gasteiger charge is -2.08. The van der Waals surface area contributed by atoms with Crippen molar-refractivity contribution in [3.63, 3.8) is 0 Å². The van der Waals surface area contributed by atoms with Gasteiger partial charge in [0.25, 0.3) is 10.0 Å². The fourth-order valence-electron chi connectivity index (χ4n) is 1.88. The molecule has 0 radical (unpaired) electrons. The molecular formula is C14H12N2O4S. The van der Waals surface area contributed by atoms with Crippen LogP contribution in [0.25, 0.3) is 11.1 Å². The molecule has 0 atom stereocenters. The fourth-order valence-corrected chi connectivity index (χ4v) is 2.95. The van der Waals surface area contributed by atoms with E-state index in [0.717, 1.165) is 0 Å². The lowest BCUT2D eigenvalue weighted by atomic mass is 10.3. The van der Waals surface area contributed by atoms with Crippen LogP contribution in [0.3, 0.4) is 0 Å². The molecule has 108 valence electrons. The summed E-state index contributed by atoms with van der Waals surface area (Å²) >= 11 is 0. The van der Waals surface area contributed by atoms with E-state index in [2.05, 4.69) is 9.71 Å². The molecule has 0 bridgehead atoms. The molecule has 7 heteroatoms. The van der Waals surface area contributed by atoms with E-state index < -0.39 is 10.0 Å². The van der Waals surface area contributed by atoms with Gasteiger partial charge >= 0.3 is 0 Å². The van der Waals surface area contributed by atoms with Crippen molar-refractivity contribution >= 4 is 26.8 Å². The Bertz CT molecular complexity index is 869. The summed E-state index contributed by atoms with van der Waals surface area (Å²) in [5.41, 5.74) is 1.49. The van der Waals surface area contributed by atoms with Gasteiger partial charge in [-0.15, -0.1) is 0 Å². The Morgan fingerprint density at radius 3 is 2.62 bits per heavy atom. The summed E-state index contributed by atoms with van der Waals surface area (Å²) in [6.07, 6.45) is 1.28. The van der Waals surface area contributed by atoms with Gasteiger partial charge in [-0.25, -0.2) is 13.4 Å². The third-order valence-electron chi connectivity index (χ3n) is 2.96. The van der Waals surface area contributed by atoms with Crippen LogP contribution in [0.15, 0.2) is 58.2 Å². The summed E-state index contributed by atoms with van der Waals surface area (Å²) in [6.45, 7) is 0. The number of ether oxygens (including phenoxy) is 1. The monoisotopic (exact) mass is 304 g/mol. The predicted octanol–water partition coefficient (Wildman–Crippen LogP) is 2.64. The first-order valence-corrected chi connectivity index (χ1v) is 7.57. The van der Waals surface area contributed by atoms with Crippen LogP contribution in [0.1, 0.15) is 0 Å². The van der Waals surface area contributed by atoms with Crippen molar-refractivity contribution in [3.8, 4) is 5.75 Å². The van der Waals surface area contributed by atoms with Crippen molar-refractivity contribution in [1.82, 2.24) is 4.98 Å². The summed E-state index contributed by atoms with van der Waals surface area (Å²) in [5.74, 6) is 0.654. The van der Waals surface area contributed by atoms with Crippen molar-refractivity contribution in [2.45, 2.75) is 4.90 Å². The van der Waals surface area contributed by atoms with E-state index in [4.69, 9.17) is 9.15 Å². The Morgan fingerprint density at radius 1 is 1.14 bits per heavy atom. The summed E-state index contributed by atoms with van der Waals surface area (Å²) < 4.78 is 37.3. The van der Waals surface area contributed by atoms with Gasteiger partial charge in [0.2, 0.25) is 0 Å². The van der Waals surface area contributed by atoms with E-state index in [9.17, 15) is 8.42 Å². The Labute approximate surface area is 121 Å². The van der Waals surface area contributed by atoms with Crippen LogP contribution >= 0.6 is 0 Å². The number of fused-ring (bicyclic) bond motifs is 1. The van der Waals surface area contributed by atoms with Crippen LogP contribution in [0.4, 0.5) is 5.69 Å². The normalized spacial score (nSPS) is 11.5. The van der Waals surface area contributed by atoms with E-state index in [1.54, 1.807) is 37.4 Å². The van der Waals surface area contributed by atoms with Gasteiger partial charge in [0, 0.05) is 11.8 Å². The zero-order chi connectivity index (χ0) is 14.9. The number of methoxy groups -OCH3 is 1. The Morgan fingerprint density at radius 2 is 1.90 bits per heavy atom. The quantitative estimate of drug-likeness (QED) is 0.801. The zero-order valence-electron chi connectivity index (χ0n) is 11.1. The number of rotatable bonds is 4. The number of nitrogens with one attached hydrogen (secondary N) is 1. The van der Waals surface area contributed by atoms with Crippen LogP contribution in [-0.2, 0) is 10.0 Å². The minimum Gasteiger partial charge on any atom is -0.497 e. The Balaban J connectivity index is 1.91. The molecule has 1 aromatic heterocycles. The first kappa shape index (κ1) is 13.4. The molecule has 0 saturated carbocycles. The van der Waals surface area contributed by atoms with Gasteiger partial charge in [-0.2, -0.15) is 0 Å². The maximum atomic E-state index is 12.3. The molecule has 0 amide bonds. The van der Waals surface area contributed by atoms with Crippen LogP contribution in [0, 0.1) is 0 Å². The number of hydrogen-bond acceptors (Lipinski definition) is 5. The number of anilines is 1. The zero-order valence-corrected chi connectivity index (χ0v) is 11.9. The van der Waals surface area contributed by atoms with Gasteiger partial charge in [0.15, 0.2) is 12.0 Å². The molecule has 0 saturated heterocycles. The highest BCUT2D eigenvalue weighted by Gasteiger charge is 2.15. The second-order valence-corrected chi connectivity index (χ2v) is 6.00. The third kappa shape index (κ3) is 2.68. The fraction of sp³-hybridized carbons (Fsp3) is 0.0714. The molecule has 0 aliphatic rings. The molecule has 0 aliphatic heterocycles. The van der Waals surface area contributed by atoms with Crippen LogP contribution in [0.2, 0.25) is 0 Å². The van der Waals surface area contributed by atoms with Gasteiger partial charge < -0.3 is 9.15 Å². The average Bonchev–Trinajstić information content (AvgIpc) is 2.95. The van der Waals surface area contributed by atoms with E-state index in [1.807, 2.05) is 0 Å². The van der Waals surface area contributed by atoms with E-state index >= 15 is 0 Å². The first-order valence-electron chi connectivity index (χ1n) is 6.08. The third-order valence-corrected chi connectivity index (χ3v) is 4.33. The maximum Gasteiger partial charge on any atom is 0.262 e. The molecule has 6 nitrogen and oxygen atoms in total. The lowest BCUT2D eigenvalue weighted by molar-refractivity contribution is 0.415. The van der Waals surface area contributed by atoms with Crippen molar-refractivity contribution in [1.29, 1.82) is 0 Å². The molecule has 0 spiro atoms. The molecule has 1 heterocycles. The Hall–Kier alpha value is -2.54. The second kappa shape index (κ2) is 5.10. The van der Waals surface area contributed by atoms with E-state index in [1.165, 1.54) is 18.5 Å². The lowest BCUT2D eigenvalue weighted by Crippen LogP contribution is -2.12. The number of sulfonamides is 1. The number of aromatic nitrogens is 1. The minimum atomic E-state index is -3.68. The average molecular weight is 304 g/mol. The van der Waals surface area contributed by atoms with Gasteiger partial charge in [-0.3, -0.25) is 4.72 Å². The predicted molar refractivity (Wildman–Crippen MR) is 77.8 cm³/mol. The highest BCUT2D eigenvalue weighted by atomic mass is 32.2. The van der Waals surface area contributed by atoms with Crippen LogP contribution in [0.5, 0.6) is 5.75 Å². The second-order valence-electron chi connectivity index (χ2n) is 4.32. The van der Waals surface area contributed by atoms with Crippen molar-refractivity contribution in [2.24, 2.45) is 0 Å². The number of hydrogen-bond donors (Lipinski definition) is 1. The topological polar surface area (TPSA) is 81.4 Å².